The Morgan fingerprint density at radius 1 is 0.917 bits per heavy atom. The first-order valence-corrected chi connectivity index (χ1v) is 5.41. The quantitative estimate of drug-likeness (QED) is 0.740. The molecule has 62 valence electrons. The van der Waals surface area contributed by atoms with Crippen LogP contribution in [0.1, 0.15) is 0 Å². The van der Waals surface area contributed by atoms with E-state index in [1.165, 1.54) is 0 Å². The summed E-state index contributed by atoms with van der Waals surface area (Å²) in [5.41, 5.74) is 0. The summed E-state index contributed by atoms with van der Waals surface area (Å²) in [6, 6.07) is 0. The van der Waals surface area contributed by atoms with Crippen LogP contribution in [0.2, 0.25) is 0 Å². The third-order valence-corrected chi connectivity index (χ3v) is 3.38. The maximum Gasteiger partial charge on any atom is 0.103 e. The molecule has 0 spiro atoms. The lowest BCUT2D eigenvalue weighted by Crippen LogP contribution is -1.65. The van der Waals surface area contributed by atoms with Crippen LogP contribution in [0, 0.1) is 0 Å². The molecule has 0 saturated heterocycles. The molecule has 0 amide bonds. The van der Waals surface area contributed by atoms with E-state index in [1.807, 2.05) is 0 Å². The van der Waals surface area contributed by atoms with E-state index in [1.54, 1.807) is 46.6 Å². The van der Waals surface area contributed by atoms with Gasteiger partial charge in [0, 0.05) is 0 Å². The number of imidazole rings is 2. The van der Waals surface area contributed by atoms with Crippen molar-refractivity contribution in [2.24, 2.45) is 0 Å². The molecule has 12 heavy (non-hydrogen) atoms. The second kappa shape index (κ2) is 3.68. The molecule has 0 aliphatic heterocycles. The molecule has 2 N–H and O–H groups in total. The van der Waals surface area contributed by atoms with Crippen LogP contribution >= 0.6 is 21.6 Å². The molecule has 6 heteroatoms. The summed E-state index contributed by atoms with van der Waals surface area (Å²) >= 11 is 0. The Kier molecular flexibility index (Phi) is 2.38. The average Bonchev–Trinajstić information content (AvgIpc) is 2.74. The second-order valence-electron chi connectivity index (χ2n) is 2.00. The number of hydrogen-bond acceptors (Lipinski definition) is 4. The monoisotopic (exact) mass is 198 g/mol. The Morgan fingerprint density at radius 2 is 1.42 bits per heavy atom. The van der Waals surface area contributed by atoms with Gasteiger partial charge in [0.1, 0.15) is 10.1 Å². The Balaban J connectivity index is 1.91. The second-order valence-corrected chi connectivity index (χ2v) is 4.21. The van der Waals surface area contributed by atoms with E-state index >= 15 is 0 Å². The van der Waals surface area contributed by atoms with Crippen LogP contribution in [0.15, 0.2) is 35.1 Å². The Labute approximate surface area is 77.0 Å². The SMILES string of the molecule is c1ncc(SSc2cnc[nH]2)[nH]1. The van der Waals surface area contributed by atoms with Gasteiger partial charge in [-0.2, -0.15) is 0 Å². The van der Waals surface area contributed by atoms with Crippen molar-refractivity contribution in [2.45, 2.75) is 10.1 Å². The fraction of sp³-hybridized carbons (Fsp3) is 0. The molecule has 0 bridgehead atoms. The summed E-state index contributed by atoms with van der Waals surface area (Å²) in [7, 11) is 3.22. The van der Waals surface area contributed by atoms with Crippen molar-refractivity contribution in [1.29, 1.82) is 0 Å². The average molecular weight is 198 g/mol. The number of hydrogen-bond donors (Lipinski definition) is 2. The Hall–Kier alpha value is -0.880. The predicted molar refractivity (Wildman–Crippen MR) is 48.9 cm³/mol. The smallest absolute Gasteiger partial charge is 0.103 e. The van der Waals surface area contributed by atoms with E-state index in [-0.39, 0.29) is 0 Å². The maximum absolute atomic E-state index is 3.91. The summed E-state index contributed by atoms with van der Waals surface area (Å²) in [6.45, 7) is 0. The highest BCUT2D eigenvalue weighted by molar-refractivity contribution is 8.76. The summed E-state index contributed by atoms with van der Waals surface area (Å²) in [6.07, 6.45) is 6.90. The van der Waals surface area contributed by atoms with E-state index in [0.717, 1.165) is 10.1 Å². The molecule has 2 aromatic heterocycles. The van der Waals surface area contributed by atoms with E-state index in [9.17, 15) is 0 Å². The van der Waals surface area contributed by atoms with E-state index in [4.69, 9.17) is 0 Å². The van der Waals surface area contributed by atoms with Crippen molar-refractivity contribution in [2.75, 3.05) is 0 Å². The minimum Gasteiger partial charge on any atom is -0.339 e. The van der Waals surface area contributed by atoms with Gasteiger partial charge in [-0.3, -0.25) is 0 Å². The van der Waals surface area contributed by atoms with Crippen LogP contribution in [0.3, 0.4) is 0 Å². The first-order valence-electron chi connectivity index (χ1n) is 3.26. The van der Waals surface area contributed by atoms with Gasteiger partial charge in [0.2, 0.25) is 0 Å². The normalized spacial score (nSPS) is 10.3. The largest absolute Gasteiger partial charge is 0.339 e. The van der Waals surface area contributed by atoms with Crippen LogP contribution in [0.4, 0.5) is 0 Å². The number of H-pyrrole nitrogens is 2. The first kappa shape index (κ1) is 7.75. The third-order valence-electron chi connectivity index (χ3n) is 1.17. The number of nitrogens with zero attached hydrogens (tertiary/aromatic N) is 2. The van der Waals surface area contributed by atoms with Crippen molar-refractivity contribution < 1.29 is 0 Å². The van der Waals surface area contributed by atoms with E-state index < -0.39 is 0 Å². The highest BCUT2D eigenvalue weighted by Crippen LogP contribution is 2.34. The molecule has 2 rings (SSSR count). The van der Waals surface area contributed by atoms with Crippen molar-refractivity contribution in [3.63, 3.8) is 0 Å². The van der Waals surface area contributed by atoms with Gasteiger partial charge in [0.25, 0.3) is 0 Å². The van der Waals surface area contributed by atoms with Crippen molar-refractivity contribution in [3.05, 3.63) is 25.0 Å². The highest BCUT2D eigenvalue weighted by atomic mass is 33.1. The minimum atomic E-state index is 1.04. The molecule has 4 nitrogen and oxygen atoms in total. The van der Waals surface area contributed by atoms with E-state index in [2.05, 4.69) is 19.9 Å². The van der Waals surface area contributed by atoms with Crippen molar-refractivity contribution in [3.8, 4) is 0 Å². The molecular formula is C6H6N4S2. The molecule has 0 atom stereocenters. The lowest BCUT2D eigenvalue weighted by molar-refractivity contribution is 1.20. The summed E-state index contributed by atoms with van der Waals surface area (Å²) in [5, 5.41) is 2.07. The summed E-state index contributed by atoms with van der Waals surface area (Å²) in [5.74, 6) is 0. The molecule has 0 fully saturated rings. The van der Waals surface area contributed by atoms with Crippen LogP contribution in [-0.4, -0.2) is 19.9 Å². The summed E-state index contributed by atoms with van der Waals surface area (Å²) in [4.78, 5) is 13.8. The lowest BCUT2D eigenvalue weighted by Gasteiger charge is -1.91. The van der Waals surface area contributed by atoms with Gasteiger partial charge in [-0.1, -0.05) is 0 Å². The summed E-state index contributed by atoms with van der Waals surface area (Å²) < 4.78 is 0. The first-order chi connectivity index (χ1) is 5.95. The van der Waals surface area contributed by atoms with Gasteiger partial charge >= 0.3 is 0 Å². The highest BCUT2D eigenvalue weighted by Gasteiger charge is 1.97. The number of aromatic amines is 2. The standard InChI is InChI=1S/C6H6N4S2/c1-5(9-3-7-1)11-12-6-2-8-4-10-6/h1-4H,(H,7,9)(H,8,10). The number of rotatable bonds is 3. The van der Waals surface area contributed by atoms with Gasteiger partial charge in [0.15, 0.2) is 0 Å². The number of aromatic nitrogens is 4. The predicted octanol–water partition coefficient (Wildman–Crippen LogP) is 1.93. The molecule has 0 aliphatic rings. The molecule has 0 aliphatic carbocycles. The van der Waals surface area contributed by atoms with Gasteiger partial charge < -0.3 is 9.97 Å². The van der Waals surface area contributed by atoms with Crippen LogP contribution in [0.5, 0.6) is 0 Å². The molecule has 2 heterocycles. The zero-order valence-corrected chi connectivity index (χ0v) is 7.65. The van der Waals surface area contributed by atoms with Crippen LogP contribution in [-0.2, 0) is 0 Å². The molecule has 0 radical (unpaired) electrons. The third kappa shape index (κ3) is 1.83. The van der Waals surface area contributed by atoms with Crippen molar-refractivity contribution in [1.82, 2.24) is 19.9 Å². The van der Waals surface area contributed by atoms with E-state index in [0.29, 0.717) is 0 Å². The van der Waals surface area contributed by atoms with Gasteiger partial charge in [0.05, 0.1) is 25.0 Å². The van der Waals surface area contributed by atoms with Gasteiger partial charge in [-0.25, -0.2) is 9.97 Å². The zero-order valence-electron chi connectivity index (χ0n) is 6.02. The van der Waals surface area contributed by atoms with Crippen LogP contribution in [0.25, 0.3) is 0 Å². The molecule has 2 aromatic rings. The number of nitrogens with one attached hydrogen (secondary N) is 2. The maximum atomic E-state index is 3.91. The van der Waals surface area contributed by atoms with Gasteiger partial charge in [-0.05, 0) is 21.6 Å². The molecule has 0 unspecified atom stereocenters. The minimum absolute atomic E-state index is 1.04. The molecular weight excluding hydrogens is 192 g/mol. The molecule has 0 aromatic carbocycles. The topological polar surface area (TPSA) is 57.4 Å². The Bertz CT molecular complexity index is 281. The van der Waals surface area contributed by atoms with Gasteiger partial charge in [-0.15, -0.1) is 0 Å². The van der Waals surface area contributed by atoms with Crippen LogP contribution < -0.4 is 0 Å². The zero-order chi connectivity index (χ0) is 8.23. The Morgan fingerprint density at radius 3 is 1.75 bits per heavy atom. The fourth-order valence-electron chi connectivity index (χ4n) is 0.667. The molecule has 0 saturated carbocycles. The lowest BCUT2D eigenvalue weighted by atomic mass is 11.0. The fourth-order valence-corrected chi connectivity index (χ4v) is 2.34. The van der Waals surface area contributed by atoms with Crippen molar-refractivity contribution >= 4 is 21.6 Å².